The molecule has 2 rings (SSSR count). The van der Waals surface area contributed by atoms with Gasteiger partial charge in [-0.1, -0.05) is 13.8 Å². The molecule has 0 aromatic rings. The highest BCUT2D eigenvalue weighted by atomic mass is 31.1. The van der Waals surface area contributed by atoms with E-state index >= 15 is 0 Å². The van der Waals surface area contributed by atoms with Crippen molar-refractivity contribution in [1.29, 1.82) is 0 Å². The summed E-state index contributed by atoms with van der Waals surface area (Å²) in [7, 11) is 0.429. The molecular weight excluding hydrogens is 163 g/mol. The lowest BCUT2D eigenvalue weighted by atomic mass is 9.70. The molecule has 2 aliphatic rings. The minimum Gasteiger partial charge on any atom is -0.104 e. The normalized spacial score (nSPS) is 47.5. The Morgan fingerprint density at radius 2 is 1.92 bits per heavy atom. The Morgan fingerprint density at radius 3 is 2.50 bits per heavy atom. The van der Waals surface area contributed by atoms with Crippen molar-refractivity contribution in [3.8, 4) is 0 Å². The quantitative estimate of drug-likeness (QED) is 0.545. The van der Waals surface area contributed by atoms with Gasteiger partial charge in [-0.05, 0) is 55.5 Å². The molecule has 0 radical (unpaired) electrons. The molecule has 0 N–H and O–H groups in total. The zero-order valence-corrected chi connectivity index (χ0v) is 9.32. The summed E-state index contributed by atoms with van der Waals surface area (Å²) < 4.78 is 0. The molecule has 0 bridgehead atoms. The summed E-state index contributed by atoms with van der Waals surface area (Å²) in [6.07, 6.45) is 9.34. The summed E-state index contributed by atoms with van der Waals surface area (Å²) in [5.74, 6) is 2.31. The lowest BCUT2D eigenvalue weighted by Crippen LogP contribution is -2.26. The number of rotatable bonds is 1. The monoisotopic (exact) mass is 184 g/mol. The maximum Gasteiger partial charge on any atom is -0.0235 e. The van der Waals surface area contributed by atoms with Crippen molar-refractivity contribution in [3.63, 3.8) is 0 Å². The molecular formula is C11H21P. The molecule has 0 amide bonds. The zero-order chi connectivity index (χ0) is 8.55. The van der Waals surface area contributed by atoms with Gasteiger partial charge in [-0.2, -0.15) is 0 Å². The van der Waals surface area contributed by atoms with Crippen LogP contribution in [0.4, 0.5) is 0 Å². The first-order valence-electron chi connectivity index (χ1n) is 5.55. The van der Waals surface area contributed by atoms with Crippen molar-refractivity contribution in [2.45, 2.75) is 45.2 Å². The summed E-state index contributed by atoms with van der Waals surface area (Å²) in [5, 5.41) is 0. The summed E-state index contributed by atoms with van der Waals surface area (Å²) in [4.78, 5) is 0. The Labute approximate surface area is 77.9 Å². The Morgan fingerprint density at radius 1 is 1.17 bits per heavy atom. The minimum absolute atomic E-state index is 0.429. The van der Waals surface area contributed by atoms with E-state index in [-0.39, 0.29) is 0 Å². The molecule has 2 fully saturated rings. The maximum atomic E-state index is 2.51. The van der Waals surface area contributed by atoms with Crippen molar-refractivity contribution < 1.29 is 0 Å². The van der Waals surface area contributed by atoms with Gasteiger partial charge in [0.1, 0.15) is 0 Å². The van der Waals surface area contributed by atoms with E-state index in [0.717, 1.165) is 17.5 Å². The van der Waals surface area contributed by atoms with Crippen molar-refractivity contribution in [2.75, 3.05) is 12.3 Å². The number of fused-ring (bicyclic) bond motifs is 1. The Hall–Kier alpha value is 0.430. The van der Waals surface area contributed by atoms with E-state index in [1.807, 2.05) is 0 Å². The molecule has 1 heteroatoms. The van der Waals surface area contributed by atoms with Crippen LogP contribution in [0.5, 0.6) is 0 Å². The highest BCUT2D eigenvalue weighted by Crippen LogP contribution is 2.53. The molecule has 70 valence electrons. The van der Waals surface area contributed by atoms with E-state index in [9.17, 15) is 0 Å². The van der Waals surface area contributed by atoms with Gasteiger partial charge in [-0.25, -0.2) is 0 Å². The van der Waals surface area contributed by atoms with E-state index in [0.29, 0.717) is 7.92 Å². The molecule has 1 saturated carbocycles. The van der Waals surface area contributed by atoms with Crippen LogP contribution in [0.3, 0.4) is 0 Å². The molecule has 0 aromatic heterocycles. The molecule has 12 heavy (non-hydrogen) atoms. The second-order valence-electron chi connectivity index (χ2n) is 4.60. The van der Waals surface area contributed by atoms with Crippen LogP contribution >= 0.6 is 7.92 Å². The van der Waals surface area contributed by atoms with Crippen molar-refractivity contribution >= 4 is 7.92 Å². The first-order valence-corrected chi connectivity index (χ1v) is 7.33. The topological polar surface area (TPSA) is 0 Å². The summed E-state index contributed by atoms with van der Waals surface area (Å²) in [6, 6.07) is 0. The summed E-state index contributed by atoms with van der Waals surface area (Å²) >= 11 is 0. The molecule has 1 saturated heterocycles. The van der Waals surface area contributed by atoms with Gasteiger partial charge >= 0.3 is 0 Å². The van der Waals surface area contributed by atoms with E-state index in [4.69, 9.17) is 0 Å². The first-order chi connectivity index (χ1) is 5.81. The molecule has 1 aliphatic heterocycles. The van der Waals surface area contributed by atoms with Gasteiger partial charge in [-0.15, -0.1) is 7.92 Å². The third-order valence-corrected chi connectivity index (χ3v) is 7.14. The third-order valence-electron chi connectivity index (χ3n) is 4.04. The number of hydrogen-bond donors (Lipinski definition) is 0. The maximum absolute atomic E-state index is 2.51. The average Bonchev–Trinajstić information content (AvgIpc) is 2.14. The fourth-order valence-corrected chi connectivity index (χ4v) is 5.55. The van der Waals surface area contributed by atoms with Gasteiger partial charge in [0.2, 0.25) is 0 Å². The molecule has 0 aromatic carbocycles. The van der Waals surface area contributed by atoms with Crippen LogP contribution in [0.1, 0.15) is 39.5 Å². The predicted octanol–water partition coefficient (Wildman–Crippen LogP) is 3.70. The molecule has 4 unspecified atom stereocenters. The first kappa shape index (κ1) is 9.00. The SMILES string of the molecule is CCP1CCC2CCC2CC1C. The fraction of sp³-hybridized carbons (Fsp3) is 1.00. The second-order valence-corrected chi connectivity index (χ2v) is 7.74. The molecule has 1 aliphatic carbocycles. The number of hydrogen-bond acceptors (Lipinski definition) is 0. The van der Waals surface area contributed by atoms with Crippen molar-refractivity contribution in [3.05, 3.63) is 0 Å². The van der Waals surface area contributed by atoms with Gasteiger partial charge in [-0.3, -0.25) is 0 Å². The zero-order valence-electron chi connectivity index (χ0n) is 8.42. The molecule has 4 atom stereocenters. The van der Waals surface area contributed by atoms with Gasteiger partial charge in [0.15, 0.2) is 0 Å². The van der Waals surface area contributed by atoms with E-state index in [2.05, 4.69) is 13.8 Å². The molecule has 0 nitrogen and oxygen atoms in total. The van der Waals surface area contributed by atoms with Crippen molar-refractivity contribution in [1.82, 2.24) is 0 Å². The smallest absolute Gasteiger partial charge is 0.0235 e. The molecule has 0 spiro atoms. The van der Waals surface area contributed by atoms with E-state index in [1.165, 1.54) is 6.16 Å². The second kappa shape index (κ2) is 3.66. The molecule has 1 heterocycles. The Bertz CT molecular complexity index is 155. The lowest BCUT2D eigenvalue weighted by Gasteiger charge is -2.35. The largest absolute Gasteiger partial charge is 0.104 e. The predicted molar refractivity (Wildman–Crippen MR) is 57.2 cm³/mol. The summed E-state index contributed by atoms with van der Waals surface area (Å²) in [6.45, 7) is 4.91. The average molecular weight is 184 g/mol. The van der Waals surface area contributed by atoms with Crippen LogP contribution in [-0.4, -0.2) is 18.0 Å². The van der Waals surface area contributed by atoms with Gasteiger partial charge < -0.3 is 0 Å². The van der Waals surface area contributed by atoms with Crippen molar-refractivity contribution in [2.24, 2.45) is 11.8 Å². The minimum atomic E-state index is 0.429. The third kappa shape index (κ3) is 1.55. The van der Waals surface area contributed by atoms with Crippen LogP contribution in [0, 0.1) is 11.8 Å². The highest BCUT2D eigenvalue weighted by molar-refractivity contribution is 7.58. The lowest BCUT2D eigenvalue weighted by molar-refractivity contribution is 0.165. The van der Waals surface area contributed by atoms with E-state index < -0.39 is 0 Å². The van der Waals surface area contributed by atoms with E-state index in [1.54, 1.807) is 31.8 Å². The summed E-state index contributed by atoms with van der Waals surface area (Å²) in [5.41, 5.74) is 1.08. The highest BCUT2D eigenvalue weighted by Gasteiger charge is 2.35. The van der Waals surface area contributed by atoms with Gasteiger partial charge in [0.05, 0.1) is 0 Å². The van der Waals surface area contributed by atoms with Crippen LogP contribution in [0.25, 0.3) is 0 Å². The standard InChI is InChI=1S/C11H21P/c1-3-12-7-6-10-4-5-11(10)8-9(12)2/h9-11H,3-8H2,1-2H3. The van der Waals surface area contributed by atoms with Crippen LogP contribution in [0.15, 0.2) is 0 Å². The van der Waals surface area contributed by atoms with Crippen LogP contribution < -0.4 is 0 Å². The van der Waals surface area contributed by atoms with Gasteiger partial charge in [0.25, 0.3) is 0 Å². The fourth-order valence-electron chi connectivity index (χ4n) is 2.94. The van der Waals surface area contributed by atoms with Crippen LogP contribution in [-0.2, 0) is 0 Å². The Kier molecular flexibility index (Phi) is 2.75. The van der Waals surface area contributed by atoms with Crippen LogP contribution in [0.2, 0.25) is 0 Å². The van der Waals surface area contributed by atoms with Gasteiger partial charge in [0, 0.05) is 0 Å². The Balaban J connectivity index is 1.96.